The average Bonchev–Trinajstić information content (AvgIpc) is 3.31. The smallest absolute Gasteiger partial charge is 0.187 e. The third kappa shape index (κ3) is 4.34. The second-order valence-corrected chi connectivity index (χ2v) is 6.79. The highest BCUT2D eigenvalue weighted by molar-refractivity contribution is 6.04. The first-order valence-electron chi connectivity index (χ1n) is 9.14. The predicted molar refractivity (Wildman–Crippen MR) is 98.4 cm³/mol. The van der Waals surface area contributed by atoms with E-state index in [1.165, 1.54) is 38.8 Å². The van der Waals surface area contributed by atoms with E-state index in [1.54, 1.807) is 38.5 Å². The van der Waals surface area contributed by atoms with Crippen LogP contribution in [0.3, 0.4) is 0 Å². The molecular weight excluding hydrogens is 316 g/mol. The molecule has 1 aromatic rings. The van der Waals surface area contributed by atoms with E-state index in [1.807, 2.05) is 6.20 Å². The number of ether oxygens (including phenoxy) is 2. The van der Waals surface area contributed by atoms with Gasteiger partial charge in [-0.3, -0.25) is 4.79 Å². The Morgan fingerprint density at radius 2 is 1.88 bits per heavy atom. The maximum absolute atomic E-state index is 12.5. The Hall–Kier alpha value is -2.01. The van der Waals surface area contributed by atoms with Gasteiger partial charge >= 0.3 is 0 Å². The fraction of sp³-hybridized carbons (Fsp3) is 0.550. The fourth-order valence-electron chi connectivity index (χ4n) is 3.76. The van der Waals surface area contributed by atoms with Crippen LogP contribution in [0.5, 0.6) is 11.5 Å². The van der Waals surface area contributed by atoms with E-state index in [0.29, 0.717) is 23.1 Å². The summed E-state index contributed by atoms with van der Waals surface area (Å²) >= 11 is 0. The number of ketones is 1. The number of benzene rings is 1. The molecule has 2 aliphatic rings. The van der Waals surface area contributed by atoms with E-state index < -0.39 is 0 Å². The van der Waals surface area contributed by atoms with Gasteiger partial charge in [-0.25, -0.2) is 0 Å². The monoisotopic (exact) mass is 344 g/mol. The summed E-state index contributed by atoms with van der Waals surface area (Å²) < 4.78 is 10.5. The number of hydrogen-bond donors (Lipinski definition) is 0. The van der Waals surface area contributed by atoms with Gasteiger partial charge in [0.25, 0.3) is 0 Å². The van der Waals surface area contributed by atoms with Gasteiger partial charge in [-0.05, 0) is 57.0 Å². The summed E-state index contributed by atoms with van der Waals surface area (Å²) in [7, 11) is 3.17. The molecule has 2 saturated heterocycles. The first-order valence-corrected chi connectivity index (χ1v) is 9.14. The highest BCUT2D eigenvalue weighted by Gasteiger charge is 2.25. The second-order valence-electron chi connectivity index (χ2n) is 6.79. The molecule has 0 saturated carbocycles. The Bertz CT molecular complexity index is 623. The van der Waals surface area contributed by atoms with Crippen LogP contribution in [-0.4, -0.2) is 62.0 Å². The average molecular weight is 344 g/mol. The van der Waals surface area contributed by atoms with Crippen LogP contribution in [0.2, 0.25) is 0 Å². The van der Waals surface area contributed by atoms with Crippen molar-refractivity contribution in [2.75, 3.05) is 40.4 Å². The summed E-state index contributed by atoms with van der Waals surface area (Å²) in [4.78, 5) is 17.4. The maximum Gasteiger partial charge on any atom is 0.187 e. The fourth-order valence-corrected chi connectivity index (χ4v) is 3.76. The number of likely N-dealkylation sites (tertiary alicyclic amines) is 2. The number of nitrogens with zero attached hydrogens (tertiary/aromatic N) is 2. The molecule has 2 fully saturated rings. The number of carbonyl (C=O) groups is 1. The summed E-state index contributed by atoms with van der Waals surface area (Å²) in [6.45, 7) is 4.60. The molecule has 3 rings (SSSR count). The molecule has 1 aromatic carbocycles. The second kappa shape index (κ2) is 8.39. The number of rotatable bonds is 7. The number of hydrogen-bond acceptors (Lipinski definition) is 5. The van der Waals surface area contributed by atoms with Crippen molar-refractivity contribution >= 4 is 5.78 Å². The van der Waals surface area contributed by atoms with E-state index in [0.717, 1.165) is 13.1 Å². The lowest BCUT2D eigenvalue weighted by Gasteiger charge is -2.27. The molecule has 0 aliphatic carbocycles. The quantitative estimate of drug-likeness (QED) is 0.562. The minimum atomic E-state index is -0.00669. The van der Waals surface area contributed by atoms with E-state index >= 15 is 0 Å². The van der Waals surface area contributed by atoms with Crippen molar-refractivity contribution in [2.24, 2.45) is 0 Å². The van der Waals surface area contributed by atoms with Gasteiger partial charge < -0.3 is 19.3 Å². The SMILES string of the molecule is COc1ccc(C(=O)C=CN2CCC[C@H]2CN2CCCC2)cc1OC. The van der Waals surface area contributed by atoms with Gasteiger partial charge in [0.1, 0.15) is 0 Å². The van der Waals surface area contributed by atoms with Crippen molar-refractivity contribution in [2.45, 2.75) is 31.7 Å². The Balaban J connectivity index is 1.63. The van der Waals surface area contributed by atoms with Crippen molar-refractivity contribution in [3.63, 3.8) is 0 Å². The maximum atomic E-state index is 12.5. The van der Waals surface area contributed by atoms with Crippen molar-refractivity contribution in [1.29, 1.82) is 0 Å². The molecule has 0 radical (unpaired) electrons. The largest absolute Gasteiger partial charge is 0.493 e. The van der Waals surface area contributed by atoms with Crippen molar-refractivity contribution < 1.29 is 14.3 Å². The van der Waals surface area contributed by atoms with Gasteiger partial charge in [-0.15, -0.1) is 0 Å². The Labute approximate surface area is 150 Å². The third-order valence-electron chi connectivity index (χ3n) is 5.18. The molecule has 2 aliphatic heterocycles. The molecule has 5 heteroatoms. The topological polar surface area (TPSA) is 42.0 Å². The summed E-state index contributed by atoms with van der Waals surface area (Å²) in [5.41, 5.74) is 0.615. The molecule has 5 nitrogen and oxygen atoms in total. The standard InChI is InChI=1S/C20H28N2O3/c1-24-19-8-7-16(14-20(19)25-2)18(23)9-13-22-12-5-6-17(22)15-21-10-3-4-11-21/h7-9,13-14,17H,3-6,10-12,15H2,1-2H3/t17-/m0/s1. The highest BCUT2D eigenvalue weighted by atomic mass is 16.5. The van der Waals surface area contributed by atoms with Gasteiger partial charge in [0, 0.05) is 37.0 Å². The van der Waals surface area contributed by atoms with Gasteiger partial charge in [-0.2, -0.15) is 0 Å². The molecule has 0 spiro atoms. The Morgan fingerprint density at radius 3 is 2.60 bits per heavy atom. The van der Waals surface area contributed by atoms with E-state index in [9.17, 15) is 4.79 Å². The van der Waals surface area contributed by atoms with Crippen LogP contribution in [0.15, 0.2) is 30.5 Å². The van der Waals surface area contributed by atoms with Crippen LogP contribution in [0.1, 0.15) is 36.0 Å². The summed E-state index contributed by atoms with van der Waals surface area (Å²) in [5.74, 6) is 1.20. The number of carbonyl (C=O) groups excluding carboxylic acids is 1. The number of methoxy groups -OCH3 is 2. The van der Waals surface area contributed by atoms with E-state index in [4.69, 9.17) is 9.47 Å². The van der Waals surface area contributed by atoms with Crippen molar-refractivity contribution in [3.8, 4) is 11.5 Å². The van der Waals surface area contributed by atoms with Crippen molar-refractivity contribution in [3.05, 3.63) is 36.0 Å². The first-order chi connectivity index (χ1) is 12.2. The summed E-state index contributed by atoms with van der Waals surface area (Å²) in [6, 6.07) is 5.82. The molecule has 136 valence electrons. The third-order valence-corrected chi connectivity index (χ3v) is 5.18. The minimum absolute atomic E-state index is 0.00669. The highest BCUT2D eigenvalue weighted by Crippen LogP contribution is 2.28. The molecule has 0 unspecified atom stereocenters. The van der Waals surface area contributed by atoms with E-state index in [-0.39, 0.29) is 5.78 Å². The lowest BCUT2D eigenvalue weighted by molar-refractivity contribution is 0.104. The minimum Gasteiger partial charge on any atom is -0.493 e. The molecule has 0 amide bonds. The normalized spacial score (nSPS) is 21.2. The van der Waals surface area contributed by atoms with Gasteiger partial charge in [-0.1, -0.05) is 0 Å². The lowest BCUT2D eigenvalue weighted by Crippen LogP contribution is -2.36. The molecule has 0 N–H and O–H groups in total. The van der Waals surface area contributed by atoms with E-state index in [2.05, 4.69) is 9.80 Å². The van der Waals surface area contributed by atoms with Crippen LogP contribution < -0.4 is 9.47 Å². The Kier molecular flexibility index (Phi) is 5.97. The molecule has 2 heterocycles. The number of allylic oxidation sites excluding steroid dienone is 1. The first kappa shape index (κ1) is 17.8. The van der Waals surface area contributed by atoms with Gasteiger partial charge in [0.2, 0.25) is 0 Å². The lowest BCUT2D eigenvalue weighted by atomic mass is 10.1. The van der Waals surface area contributed by atoms with Crippen LogP contribution in [0, 0.1) is 0 Å². The van der Waals surface area contributed by atoms with Gasteiger partial charge in [0.05, 0.1) is 14.2 Å². The molecule has 25 heavy (non-hydrogen) atoms. The Morgan fingerprint density at radius 1 is 1.12 bits per heavy atom. The van der Waals surface area contributed by atoms with Crippen LogP contribution in [-0.2, 0) is 0 Å². The summed E-state index contributed by atoms with van der Waals surface area (Å²) in [6.07, 6.45) is 8.72. The van der Waals surface area contributed by atoms with Crippen LogP contribution in [0.4, 0.5) is 0 Å². The molecule has 0 aromatic heterocycles. The molecule has 1 atom stereocenters. The molecular formula is C20H28N2O3. The summed E-state index contributed by atoms with van der Waals surface area (Å²) in [5, 5.41) is 0. The zero-order valence-electron chi connectivity index (χ0n) is 15.2. The molecule has 0 bridgehead atoms. The van der Waals surface area contributed by atoms with Crippen molar-refractivity contribution in [1.82, 2.24) is 9.80 Å². The predicted octanol–water partition coefficient (Wildman–Crippen LogP) is 2.96. The van der Waals surface area contributed by atoms with Crippen LogP contribution in [0.25, 0.3) is 0 Å². The van der Waals surface area contributed by atoms with Gasteiger partial charge in [0.15, 0.2) is 17.3 Å². The van der Waals surface area contributed by atoms with Crippen LogP contribution >= 0.6 is 0 Å². The zero-order valence-corrected chi connectivity index (χ0v) is 15.2. The zero-order chi connectivity index (χ0) is 17.6.